The normalized spacial score (nSPS) is 13.1. The topological polar surface area (TPSA) is 69.4 Å². The summed E-state index contributed by atoms with van der Waals surface area (Å²) in [7, 11) is 0. The summed E-state index contributed by atoms with van der Waals surface area (Å²) in [5.74, 6) is -2.60. The minimum absolute atomic E-state index is 0.136. The second kappa shape index (κ2) is 8.77. The smallest absolute Gasteiger partial charge is 0.459 e. The summed E-state index contributed by atoms with van der Waals surface area (Å²) >= 11 is 0. The van der Waals surface area contributed by atoms with Crippen LogP contribution in [0.15, 0.2) is 0 Å². The second-order valence-electron chi connectivity index (χ2n) is 4.34. The number of unbranched alkanes of at least 4 members (excludes halogenated alkanes) is 3. The zero-order valence-corrected chi connectivity index (χ0v) is 11.0. The Bertz CT molecular complexity index is 292. The fraction of sp³-hybridized carbons (Fsp3) is 0.833. The molecule has 0 aromatic heterocycles. The van der Waals surface area contributed by atoms with Gasteiger partial charge in [0.05, 0.1) is 6.61 Å². The summed E-state index contributed by atoms with van der Waals surface area (Å²) in [4.78, 5) is 21.3. The van der Waals surface area contributed by atoms with E-state index in [1.54, 1.807) is 0 Å². The predicted octanol–water partition coefficient (Wildman–Crippen LogP) is 2.55. The molecule has 1 amide bonds. The van der Waals surface area contributed by atoms with Crippen LogP contribution in [-0.2, 0) is 14.3 Å². The minimum Gasteiger partial charge on any atom is -0.459 e. The molecule has 1 atom stereocenters. The number of rotatable bonds is 9. The maximum Gasteiger partial charge on any atom is 0.490 e. The first-order valence-electron chi connectivity index (χ1n) is 6.32. The Labute approximate surface area is 110 Å². The van der Waals surface area contributed by atoms with Crippen LogP contribution in [0.4, 0.5) is 13.2 Å². The van der Waals surface area contributed by atoms with Gasteiger partial charge in [-0.1, -0.05) is 26.2 Å². The first kappa shape index (κ1) is 17.7. The van der Waals surface area contributed by atoms with Crippen LogP contribution in [-0.4, -0.2) is 24.7 Å². The van der Waals surface area contributed by atoms with Crippen LogP contribution in [0.2, 0.25) is 0 Å². The molecule has 0 aliphatic carbocycles. The standard InChI is InChI=1S/C12H20F3NO3/c1-2-9(10(16)17)7-5-3-4-6-8-19-11(18)12(13,14)15/h9H,2-8H2,1H3,(H2,16,17). The lowest BCUT2D eigenvalue weighted by Gasteiger charge is -2.10. The third-order valence-corrected chi connectivity index (χ3v) is 2.81. The molecule has 7 heteroatoms. The highest BCUT2D eigenvalue weighted by atomic mass is 19.4. The van der Waals surface area contributed by atoms with Crippen molar-refractivity contribution in [3.05, 3.63) is 0 Å². The lowest BCUT2D eigenvalue weighted by molar-refractivity contribution is -0.199. The van der Waals surface area contributed by atoms with Gasteiger partial charge in [0.15, 0.2) is 0 Å². The average molecular weight is 283 g/mol. The van der Waals surface area contributed by atoms with Crippen molar-refractivity contribution >= 4 is 11.9 Å². The lowest BCUT2D eigenvalue weighted by atomic mass is 9.98. The molecule has 0 aromatic carbocycles. The molecule has 0 heterocycles. The summed E-state index contributed by atoms with van der Waals surface area (Å²) in [6.45, 7) is 1.65. The van der Waals surface area contributed by atoms with E-state index in [1.165, 1.54) is 0 Å². The van der Waals surface area contributed by atoms with Gasteiger partial charge in [0.2, 0.25) is 5.91 Å². The van der Waals surface area contributed by atoms with E-state index in [0.29, 0.717) is 25.7 Å². The Morgan fingerprint density at radius 3 is 2.21 bits per heavy atom. The number of ether oxygens (including phenoxy) is 1. The number of hydrogen-bond donors (Lipinski definition) is 1. The lowest BCUT2D eigenvalue weighted by Crippen LogP contribution is -2.25. The van der Waals surface area contributed by atoms with Crippen molar-refractivity contribution in [1.82, 2.24) is 0 Å². The van der Waals surface area contributed by atoms with Crippen molar-refractivity contribution in [2.75, 3.05) is 6.61 Å². The maximum atomic E-state index is 11.8. The van der Waals surface area contributed by atoms with Crippen LogP contribution in [0.3, 0.4) is 0 Å². The number of halogens is 3. The van der Waals surface area contributed by atoms with Crippen molar-refractivity contribution in [3.8, 4) is 0 Å². The Balaban J connectivity index is 3.51. The molecule has 1 unspecified atom stereocenters. The minimum atomic E-state index is -4.92. The average Bonchev–Trinajstić information content (AvgIpc) is 2.30. The largest absolute Gasteiger partial charge is 0.490 e. The highest BCUT2D eigenvalue weighted by Gasteiger charge is 2.40. The Hall–Kier alpha value is -1.27. The number of carbonyl (C=O) groups excluding carboxylic acids is 2. The summed E-state index contributed by atoms with van der Waals surface area (Å²) in [6, 6.07) is 0. The molecule has 0 fully saturated rings. The van der Waals surface area contributed by atoms with Crippen LogP contribution in [0.5, 0.6) is 0 Å². The van der Waals surface area contributed by atoms with Crippen molar-refractivity contribution in [2.24, 2.45) is 11.7 Å². The van der Waals surface area contributed by atoms with Crippen LogP contribution in [0.25, 0.3) is 0 Å². The molecule has 0 aliphatic rings. The van der Waals surface area contributed by atoms with Gasteiger partial charge in [-0.3, -0.25) is 4.79 Å². The summed E-state index contributed by atoms with van der Waals surface area (Å²) in [6.07, 6.45) is -0.944. The van der Waals surface area contributed by atoms with E-state index in [2.05, 4.69) is 4.74 Å². The third-order valence-electron chi connectivity index (χ3n) is 2.81. The van der Waals surface area contributed by atoms with Crippen molar-refractivity contribution < 1.29 is 27.5 Å². The molecule has 112 valence electrons. The number of primary amides is 1. The molecule has 0 saturated carbocycles. The molecule has 4 nitrogen and oxygen atoms in total. The van der Waals surface area contributed by atoms with Gasteiger partial charge in [0, 0.05) is 5.92 Å². The predicted molar refractivity (Wildman–Crippen MR) is 63.1 cm³/mol. The molecular formula is C12H20F3NO3. The highest BCUT2D eigenvalue weighted by Crippen LogP contribution is 2.17. The number of nitrogens with two attached hydrogens (primary N) is 1. The number of esters is 1. The molecule has 0 spiro atoms. The Morgan fingerprint density at radius 1 is 1.16 bits per heavy atom. The van der Waals surface area contributed by atoms with Gasteiger partial charge in [-0.2, -0.15) is 13.2 Å². The summed E-state index contributed by atoms with van der Waals surface area (Å²) in [5.41, 5.74) is 5.18. The van der Waals surface area contributed by atoms with Gasteiger partial charge in [-0.05, 0) is 19.3 Å². The van der Waals surface area contributed by atoms with Crippen LogP contribution >= 0.6 is 0 Å². The van der Waals surface area contributed by atoms with E-state index >= 15 is 0 Å². The summed E-state index contributed by atoms with van der Waals surface area (Å²) in [5, 5.41) is 0. The molecule has 2 N–H and O–H groups in total. The van der Waals surface area contributed by atoms with Crippen LogP contribution in [0, 0.1) is 5.92 Å². The Morgan fingerprint density at radius 2 is 1.74 bits per heavy atom. The maximum absolute atomic E-state index is 11.8. The van der Waals surface area contributed by atoms with E-state index in [1.807, 2.05) is 6.92 Å². The van der Waals surface area contributed by atoms with Crippen molar-refractivity contribution in [2.45, 2.75) is 51.6 Å². The molecule has 0 radical (unpaired) electrons. The molecule has 0 rings (SSSR count). The van der Waals surface area contributed by atoms with E-state index in [0.717, 1.165) is 12.8 Å². The Kier molecular flexibility index (Phi) is 8.18. The van der Waals surface area contributed by atoms with E-state index in [-0.39, 0.29) is 18.4 Å². The third kappa shape index (κ3) is 8.45. The highest BCUT2D eigenvalue weighted by molar-refractivity contribution is 5.76. The number of carbonyl (C=O) groups is 2. The van der Waals surface area contributed by atoms with Gasteiger partial charge in [-0.25, -0.2) is 4.79 Å². The van der Waals surface area contributed by atoms with E-state index in [4.69, 9.17) is 5.73 Å². The zero-order chi connectivity index (χ0) is 14.9. The van der Waals surface area contributed by atoms with Gasteiger partial charge < -0.3 is 10.5 Å². The molecule has 0 aromatic rings. The molecular weight excluding hydrogens is 263 g/mol. The quantitative estimate of drug-likeness (QED) is 0.522. The number of amides is 1. The second-order valence-corrected chi connectivity index (χ2v) is 4.34. The fourth-order valence-electron chi connectivity index (χ4n) is 1.64. The molecule has 0 saturated heterocycles. The molecule has 0 bridgehead atoms. The zero-order valence-electron chi connectivity index (χ0n) is 11.0. The molecule has 19 heavy (non-hydrogen) atoms. The van der Waals surface area contributed by atoms with Crippen LogP contribution in [0.1, 0.15) is 45.4 Å². The van der Waals surface area contributed by atoms with Crippen molar-refractivity contribution in [1.29, 1.82) is 0 Å². The van der Waals surface area contributed by atoms with E-state index in [9.17, 15) is 22.8 Å². The number of hydrogen-bond acceptors (Lipinski definition) is 3. The van der Waals surface area contributed by atoms with Gasteiger partial charge in [0.25, 0.3) is 0 Å². The van der Waals surface area contributed by atoms with Crippen molar-refractivity contribution in [3.63, 3.8) is 0 Å². The summed E-state index contributed by atoms with van der Waals surface area (Å²) < 4.78 is 39.3. The SMILES string of the molecule is CCC(CCCCCCOC(=O)C(F)(F)F)C(N)=O. The monoisotopic (exact) mass is 283 g/mol. The van der Waals surface area contributed by atoms with Crippen LogP contribution < -0.4 is 5.73 Å². The van der Waals surface area contributed by atoms with Gasteiger partial charge in [-0.15, -0.1) is 0 Å². The van der Waals surface area contributed by atoms with E-state index < -0.39 is 12.1 Å². The van der Waals surface area contributed by atoms with Gasteiger partial charge >= 0.3 is 12.1 Å². The molecule has 0 aliphatic heterocycles. The van der Waals surface area contributed by atoms with Gasteiger partial charge in [0.1, 0.15) is 0 Å². The first-order valence-corrected chi connectivity index (χ1v) is 6.32. The fourth-order valence-corrected chi connectivity index (χ4v) is 1.64. The number of alkyl halides is 3. The first-order chi connectivity index (χ1) is 8.79.